The van der Waals surface area contributed by atoms with Crippen LogP contribution in [0, 0.1) is 20.8 Å². The summed E-state index contributed by atoms with van der Waals surface area (Å²) in [6.45, 7) is 6.28. The van der Waals surface area contributed by atoms with Crippen LogP contribution in [0.3, 0.4) is 0 Å². The smallest absolute Gasteiger partial charge is 0.270 e. The Balaban J connectivity index is 1.76. The minimum absolute atomic E-state index is 0.247. The Bertz CT molecular complexity index is 925. The maximum absolute atomic E-state index is 12.4. The summed E-state index contributed by atoms with van der Waals surface area (Å²) >= 11 is 0. The van der Waals surface area contributed by atoms with E-state index in [1.165, 1.54) is 5.56 Å². The Labute approximate surface area is 152 Å². The van der Waals surface area contributed by atoms with Gasteiger partial charge < -0.3 is 10.6 Å². The molecule has 0 aliphatic carbocycles. The Kier molecular flexibility index (Phi) is 5.22. The summed E-state index contributed by atoms with van der Waals surface area (Å²) in [5, 5.41) is 6.14. The first-order valence-corrected chi connectivity index (χ1v) is 8.39. The van der Waals surface area contributed by atoms with Crippen molar-refractivity contribution < 1.29 is 4.79 Å². The number of carbonyl (C=O) groups is 1. The van der Waals surface area contributed by atoms with Gasteiger partial charge in [-0.1, -0.05) is 18.2 Å². The molecular weight excluding hydrogens is 326 g/mol. The van der Waals surface area contributed by atoms with E-state index in [-0.39, 0.29) is 5.91 Å². The Morgan fingerprint density at radius 1 is 1.08 bits per heavy atom. The number of carbonyl (C=O) groups excluding carboxylic acids is 1. The van der Waals surface area contributed by atoms with Crippen LogP contribution in [0.2, 0.25) is 0 Å². The summed E-state index contributed by atoms with van der Waals surface area (Å²) in [5.41, 5.74) is 4.56. The maximum Gasteiger partial charge on any atom is 0.270 e. The van der Waals surface area contributed by atoms with Gasteiger partial charge in [0.25, 0.3) is 5.91 Å². The highest BCUT2D eigenvalue weighted by molar-refractivity contribution is 5.93. The predicted octanol–water partition coefficient (Wildman–Crippen LogP) is 3.47. The first-order valence-electron chi connectivity index (χ1n) is 8.39. The van der Waals surface area contributed by atoms with E-state index in [2.05, 4.69) is 38.6 Å². The molecule has 0 atom stereocenters. The highest BCUT2D eigenvalue weighted by Gasteiger charge is 2.11. The van der Waals surface area contributed by atoms with Gasteiger partial charge in [-0.05, 0) is 49.6 Å². The second-order valence-corrected chi connectivity index (χ2v) is 6.10. The topological polar surface area (TPSA) is 79.8 Å². The molecule has 1 aromatic carbocycles. The van der Waals surface area contributed by atoms with E-state index < -0.39 is 0 Å². The number of anilines is 2. The van der Waals surface area contributed by atoms with Crippen LogP contribution in [0.25, 0.3) is 0 Å². The van der Waals surface area contributed by atoms with Crippen LogP contribution in [0.1, 0.15) is 33.0 Å². The van der Waals surface area contributed by atoms with E-state index in [1.54, 1.807) is 25.4 Å². The number of amides is 1. The number of aryl methyl sites for hydroxylation is 2. The molecule has 2 heterocycles. The monoisotopic (exact) mass is 347 g/mol. The molecule has 0 aliphatic rings. The fraction of sp³-hybridized carbons (Fsp3) is 0.200. The number of benzene rings is 1. The summed E-state index contributed by atoms with van der Waals surface area (Å²) in [6, 6.07) is 11.4. The number of nitrogens with one attached hydrogen (secondary N) is 2. The van der Waals surface area contributed by atoms with Gasteiger partial charge >= 0.3 is 0 Å². The second-order valence-electron chi connectivity index (χ2n) is 6.10. The first kappa shape index (κ1) is 17.5. The molecule has 132 valence electrons. The van der Waals surface area contributed by atoms with Gasteiger partial charge in [-0.15, -0.1) is 0 Å². The van der Waals surface area contributed by atoms with Gasteiger partial charge in [-0.2, -0.15) is 0 Å². The van der Waals surface area contributed by atoms with Crippen LogP contribution < -0.4 is 10.6 Å². The van der Waals surface area contributed by atoms with Crippen molar-refractivity contribution in [1.29, 1.82) is 0 Å². The van der Waals surface area contributed by atoms with Crippen molar-refractivity contribution in [3.8, 4) is 0 Å². The van der Waals surface area contributed by atoms with Crippen molar-refractivity contribution in [1.82, 2.24) is 20.3 Å². The highest BCUT2D eigenvalue weighted by Crippen LogP contribution is 2.22. The third-order valence-electron chi connectivity index (χ3n) is 4.11. The molecule has 2 N–H and O–H groups in total. The van der Waals surface area contributed by atoms with E-state index in [0.29, 0.717) is 23.9 Å². The summed E-state index contributed by atoms with van der Waals surface area (Å²) < 4.78 is 0. The fourth-order valence-electron chi connectivity index (χ4n) is 2.55. The highest BCUT2D eigenvalue weighted by atomic mass is 16.1. The van der Waals surface area contributed by atoms with Gasteiger partial charge in [0.2, 0.25) is 0 Å². The molecule has 6 nitrogen and oxygen atoms in total. The van der Waals surface area contributed by atoms with Crippen LogP contribution in [0.15, 0.2) is 48.8 Å². The Morgan fingerprint density at radius 2 is 1.92 bits per heavy atom. The van der Waals surface area contributed by atoms with E-state index in [4.69, 9.17) is 0 Å². The summed E-state index contributed by atoms with van der Waals surface area (Å²) in [6.07, 6.45) is 3.42. The zero-order valence-electron chi connectivity index (χ0n) is 15.1. The molecule has 0 aliphatic heterocycles. The lowest BCUT2D eigenvalue weighted by molar-refractivity contribution is 0.0945. The maximum atomic E-state index is 12.4. The molecule has 0 saturated carbocycles. The van der Waals surface area contributed by atoms with Crippen molar-refractivity contribution in [3.63, 3.8) is 0 Å². The van der Waals surface area contributed by atoms with Crippen molar-refractivity contribution in [2.45, 2.75) is 27.3 Å². The number of pyridine rings is 1. The minimum atomic E-state index is -0.247. The number of hydrogen-bond acceptors (Lipinski definition) is 5. The first-order chi connectivity index (χ1) is 12.5. The van der Waals surface area contributed by atoms with Gasteiger partial charge in [0.15, 0.2) is 0 Å². The molecule has 0 unspecified atom stereocenters. The molecule has 0 radical (unpaired) electrons. The molecule has 1 amide bonds. The standard InChI is InChI=1S/C20H21N5O/c1-13-6-4-8-17(14(13)2)25-19-10-18(23-15(3)24-19)20(26)22-12-16-7-5-9-21-11-16/h4-11H,12H2,1-3H3,(H,22,26)(H,23,24,25). The molecule has 26 heavy (non-hydrogen) atoms. The quantitative estimate of drug-likeness (QED) is 0.739. The van der Waals surface area contributed by atoms with E-state index in [9.17, 15) is 4.79 Å². The molecule has 0 saturated heterocycles. The summed E-state index contributed by atoms with van der Waals surface area (Å²) in [5.74, 6) is 0.882. The third-order valence-corrected chi connectivity index (χ3v) is 4.11. The van der Waals surface area contributed by atoms with Crippen LogP contribution in [0.5, 0.6) is 0 Å². The lowest BCUT2D eigenvalue weighted by atomic mass is 10.1. The Morgan fingerprint density at radius 3 is 2.69 bits per heavy atom. The van der Waals surface area contributed by atoms with E-state index in [1.807, 2.05) is 31.2 Å². The number of rotatable bonds is 5. The second kappa shape index (κ2) is 7.74. The van der Waals surface area contributed by atoms with Gasteiger partial charge in [-0.25, -0.2) is 9.97 Å². The Hall–Kier alpha value is -3.28. The molecule has 2 aromatic heterocycles. The zero-order valence-corrected chi connectivity index (χ0v) is 15.1. The van der Waals surface area contributed by atoms with E-state index in [0.717, 1.165) is 16.8 Å². The average Bonchev–Trinajstić information content (AvgIpc) is 2.64. The SMILES string of the molecule is Cc1nc(Nc2cccc(C)c2C)cc(C(=O)NCc2cccnc2)n1. The van der Waals surface area contributed by atoms with Gasteiger partial charge in [0, 0.05) is 30.7 Å². The largest absolute Gasteiger partial charge is 0.347 e. The fourth-order valence-corrected chi connectivity index (χ4v) is 2.55. The van der Waals surface area contributed by atoms with Gasteiger partial charge in [0.1, 0.15) is 17.3 Å². The lowest BCUT2D eigenvalue weighted by Gasteiger charge is -2.12. The van der Waals surface area contributed by atoms with Crippen LogP contribution in [0.4, 0.5) is 11.5 Å². The average molecular weight is 347 g/mol. The van der Waals surface area contributed by atoms with Crippen LogP contribution in [-0.4, -0.2) is 20.9 Å². The number of hydrogen-bond donors (Lipinski definition) is 2. The molecule has 3 rings (SSSR count). The van der Waals surface area contributed by atoms with E-state index >= 15 is 0 Å². The normalized spacial score (nSPS) is 10.4. The van der Waals surface area contributed by atoms with Gasteiger partial charge in [-0.3, -0.25) is 9.78 Å². The molecule has 0 fully saturated rings. The molecule has 0 spiro atoms. The van der Waals surface area contributed by atoms with Crippen LogP contribution >= 0.6 is 0 Å². The summed E-state index contributed by atoms with van der Waals surface area (Å²) in [4.78, 5) is 25.1. The van der Waals surface area contributed by atoms with Crippen LogP contribution in [-0.2, 0) is 6.54 Å². The molecule has 3 aromatic rings. The minimum Gasteiger partial charge on any atom is -0.347 e. The van der Waals surface area contributed by atoms with Gasteiger partial charge in [0.05, 0.1) is 0 Å². The predicted molar refractivity (Wildman–Crippen MR) is 101 cm³/mol. The van der Waals surface area contributed by atoms with Crippen molar-refractivity contribution >= 4 is 17.4 Å². The van der Waals surface area contributed by atoms with Crippen molar-refractivity contribution in [3.05, 3.63) is 77.0 Å². The van der Waals surface area contributed by atoms with Crippen molar-refractivity contribution in [2.24, 2.45) is 0 Å². The lowest BCUT2D eigenvalue weighted by Crippen LogP contribution is -2.24. The summed E-state index contributed by atoms with van der Waals surface area (Å²) in [7, 11) is 0. The zero-order chi connectivity index (χ0) is 18.5. The third kappa shape index (κ3) is 4.22. The number of nitrogens with zero attached hydrogens (tertiary/aromatic N) is 3. The number of aromatic nitrogens is 3. The molecule has 6 heteroatoms. The van der Waals surface area contributed by atoms with Crippen molar-refractivity contribution in [2.75, 3.05) is 5.32 Å². The molecule has 0 bridgehead atoms. The molecular formula is C20H21N5O.